The van der Waals surface area contributed by atoms with Crippen LogP contribution in [0.2, 0.25) is 0 Å². The molecule has 0 spiro atoms. The van der Waals surface area contributed by atoms with Gasteiger partial charge in [0.25, 0.3) is 0 Å². The summed E-state index contributed by atoms with van der Waals surface area (Å²) in [7, 11) is -1.83. The van der Waals surface area contributed by atoms with Gasteiger partial charge in [-0.3, -0.25) is 0 Å². The van der Waals surface area contributed by atoms with Crippen molar-refractivity contribution in [3.05, 3.63) is 12.3 Å². The van der Waals surface area contributed by atoms with Crippen molar-refractivity contribution in [2.45, 2.75) is 26.7 Å². The number of hydrogen-bond acceptors (Lipinski definition) is 4. The van der Waals surface area contributed by atoms with E-state index in [1.807, 2.05) is 6.20 Å². The lowest BCUT2D eigenvalue weighted by molar-refractivity contribution is 0.243. The van der Waals surface area contributed by atoms with E-state index in [1.165, 1.54) is 12.8 Å². The summed E-state index contributed by atoms with van der Waals surface area (Å²) in [5.74, 6) is 0. The van der Waals surface area contributed by atoms with Gasteiger partial charge in [-0.05, 0) is 32.9 Å². The Hall–Kier alpha value is -0.440. The third kappa shape index (κ3) is 9.65. The van der Waals surface area contributed by atoms with Crippen molar-refractivity contribution in [3.8, 4) is 0 Å². The zero-order chi connectivity index (χ0) is 10.6. The summed E-state index contributed by atoms with van der Waals surface area (Å²) < 4.78 is 19.5. The first-order valence-corrected chi connectivity index (χ1v) is 6.02. The number of hydrogen-bond donors (Lipinski definition) is 1. The SMILES string of the molecule is C1=CNCCC1.CCO[P+](=O)OCC. The largest absolute Gasteiger partial charge is 0.697 e. The highest BCUT2D eigenvalue weighted by Gasteiger charge is 2.15. The highest BCUT2D eigenvalue weighted by molar-refractivity contribution is 7.33. The van der Waals surface area contributed by atoms with Crippen molar-refractivity contribution in [3.63, 3.8) is 0 Å². The molecule has 0 aromatic rings. The molecule has 0 aliphatic carbocycles. The zero-order valence-electron chi connectivity index (χ0n) is 8.86. The van der Waals surface area contributed by atoms with Gasteiger partial charge in [0.05, 0.1) is 0 Å². The summed E-state index contributed by atoms with van der Waals surface area (Å²) in [4.78, 5) is 0. The first-order valence-electron chi connectivity index (χ1n) is 4.92. The maximum absolute atomic E-state index is 10.3. The molecule has 5 heteroatoms. The third-order valence-electron chi connectivity index (χ3n) is 1.40. The fourth-order valence-corrected chi connectivity index (χ4v) is 1.32. The molecular formula is C9H19NO3P+. The molecule has 1 rings (SSSR count). The normalized spacial score (nSPS) is 13.9. The molecule has 0 saturated carbocycles. The van der Waals surface area contributed by atoms with E-state index in [1.54, 1.807) is 13.8 Å². The Kier molecular flexibility index (Phi) is 10.3. The summed E-state index contributed by atoms with van der Waals surface area (Å²) in [5.41, 5.74) is 0. The molecule has 14 heavy (non-hydrogen) atoms. The first kappa shape index (κ1) is 13.6. The van der Waals surface area contributed by atoms with Gasteiger partial charge in [-0.25, -0.2) is 0 Å². The number of allylic oxidation sites excluding steroid dienone is 1. The van der Waals surface area contributed by atoms with Gasteiger partial charge >= 0.3 is 8.25 Å². The molecule has 0 radical (unpaired) electrons. The fourth-order valence-electron chi connectivity index (χ4n) is 0.820. The monoisotopic (exact) mass is 220 g/mol. The van der Waals surface area contributed by atoms with Gasteiger partial charge < -0.3 is 5.32 Å². The van der Waals surface area contributed by atoms with Crippen LogP contribution < -0.4 is 5.32 Å². The van der Waals surface area contributed by atoms with E-state index in [4.69, 9.17) is 0 Å². The van der Waals surface area contributed by atoms with Crippen LogP contribution in [0.3, 0.4) is 0 Å². The first-order chi connectivity index (χ1) is 6.81. The second kappa shape index (κ2) is 10.6. The highest BCUT2D eigenvalue weighted by Crippen LogP contribution is 2.21. The van der Waals surface area contributed by atoms with Gasteiger partial charge in [-0.2, -0.15) is 0 Å². The molecule has 0 saturated heterocycles. The Morgan fingerprint density at radius 1 is 1.36 bits per heavy atom. The minimum absolute atomic E-state index is 0.440. The van der Waals surface area contributed by atoms with E-state index in [0.29, 0.717) is 13.2 Å². The van der Waals surface area contributed by atoms with Crippen LogP contribution in [0.1, 0.15) is 26.7 Å². The second-order valence-electron chi connectivity index (χ2n) is 2.56. The average molecular weight is 220 g/mol. The quantitative estimate of drug-likeness (QED) is 0.740. The van der Waals surface area contributed by atoms with Crippen LogP contribution in [0.25, 0.3) is 0 Å². The van der Waals surface area contributed by atoms with E-state index < -0.39 is 8.25 Å². The van der Waals surface area contributed by atoms with Crippen molar-refractivity contribution < 1.29 is 13.6 Å². The molecule has 1 heterocycles. The molecule has 1 N–H and O–H groups in total. The molecule has 0 fully saturated rings. The molecule has 1 aliphatic rings. The predicted molar refractivity (Wildman–Crippen MR) is 57.2 cm³/mol. The van der Waals surface area contributed by atoms with Gasteiger partial charge in [-0.1, -0.05) is 6.08 Å². The zero-order valence-corrected chi connectivity index (χ0v) is 9.76. The van der Waals surface area contributed by atoms with Crippen LogP contribution in [-0.2, 0) is 13.6 Å². The van der Waals surface area contributed by atoms with Gasteiger partial charge in [0.1, 0.15) is 13.2 Å². The Morgan fingerprint density at radius 2 is 2.00 bits per heavy atom. The minimum atomic E-state index is -1.83. The number of nitrogens with one attached hydrogen (secondary N) is 1. The van der Waals surface area contributed by atoms with Gasteiger partial charge in [0.15, 0.2) is 0 Å². The number of rotatable bonds is 4. The van der Waals surface area contributed by atoms with Crippen LogP contribution in [0.4, 0.5) is 0 Å². The molecule has 82 valence electrons. The molecule has 0 amide bonds. The summed E-state index contributed by atoms with van der Waals surface area (Å²) in [6.07, 6.45) is 6.73. The molecule has 0 aromatic carbocycles. The van der Waals surface area contributed by atoms with Crippen LogP contribution in [0.15, 0.2) is 12.3 Å². The molecular weight excluding hydrogens is 201 g/mol. The van der Waals surface area contributed by atoms with E-state index in [9.17, 15) is 4.57 Å². The van der Waals surface area contributed by atoms with E-state index in [0.717, 1.165) is 6.54 Å². The second-order valence-corrected chi connectivity index (χ2v) is 3.52. The lowest BCUT2D eigenvalue weighted by Crippen LogP contribution is -2.09. The lowest BCUT2D eigenvalue weighted by Gasteiger charge is -2.02. The third-order valence-corrected chi connectivity index (χ3v) is 2.33. The van der Waals surface area contributed by atoms with Crippen LogP contribution in [-0.4, -0.2) is 19.8 Å². The standard InChI is InChI=1S/C5H9N.C4H10O3P/c1-2-4-6-5-3-1;1-3-6-8(5)7-4-2/h2,4,6H,1,3,5H2;3-4H2,1-2H3/q;+1. The van der Waals surface area contributed by atoms with Gasteiger partial charge in [0.2, 0.25) is 0 Å². The Labute approximate surface area is 86.6 Å². The highest BCUT2D eigenvalue weighted by atomic mass is 31.1. The van der Waals surface area contributed by atoms with E-state index in [2.05, 4.69) is 20.4 Å². The minimum Gasteiger partial charge on any atom is -0.391 e. The van der Waals surface area contributed by atoms with Crippen molar-refractivity contribution in [1.29, 1.82) is 0 Å². The average Bonchev–Trinajstić information content (AvgIpc) is 2.22. The molecule has 4 nitrogen and oxygen atoms in total. The molecule has 0 unspecified atom stereocenters. The summed E-state index contributed by atoms with van der Waals surface area (Å²) in [6.45, 7) is 5.58. The summed E-state index contributed by atoms with van der Waals surface area (Å²) >= 11 is 0. The summed E-state index contributed by atoms with van der Waals surface area (Å²) in [5, 5.41) is 3.10. The lowest BCUT2D eigenvalue weighted by atomic mass is 10.2. The smallest absolute Gasteiger partial charge is 0.391 e. The maximum Gasteiger partial charge on any atom is 0.697 e. The van der Waals surface area contributed by atoms with Crippen LogP contribution >= 0.6 is 8.25 Å². The molecule has 0 aromatic heterocycles. The van der Waals surface area contributed by atoms with Gasteiger partial charge in [-0.15, -0.1) is 9.05 Å². The van der Waals surface area contributed by atoms with E-state index in [-0.39, 0.29) is 0 Å². The molecule has 0 atom stereocenters. The Balaban J connectivity index is 0.000000249. The van der Waals surface area contributed by atoms with Crippen molar-refractivity contribution in [2.75, 3.05) is 19.8 Å². The molecule has 0 bridgehead atoms. The maximum atomic E-state index is 10.3. The fraction of sp³-hybridized carbons (Fsp3) is 0.778. The molecule has 1 aliphatic heterocycles. The Morgan fingerprint density at radius 3 is 2.21 bits per heavy atom. The van der Waals surface area contributed by atoms with Crippen molar-refractivity contribution in [2.24, 2.45) is 0 Å². The van der Waals surface area contributed by atoms with Crippen molar-refractivity contribution in [1.82, 2.24) is 5.32 Å². The van der Waals surface area contributed by atoms with Gasteiger partial charge in [0, 0.05) is 11.1 Å². The summed E-state index contributed by atoms with van der Waals surface area (Å²) in [6, 6.07) is 0. The Bertz CT molecular complexity index is 157. The predicted octanol–water partition coefficient (Wildman–Crippen LogP) is 2.60. The van der Waals surface area contributed by atoms with E-state index >= 15 is 0 Å². The van der Waals surface area contributed by atoms with Crippen LogP contribution in [0, 0.1) is 0 Å². The van der Waals surface area contributed by atoms with Crippen LogP contribution in [0.5, 0.6) is 0 Å². The van der Waals surface area contributed by atoms with Crippen molar-refractivity contribution >= 4 is 8.25 Å². The topological polar surface area (TPSA) is 47.6 Å².